The Balaban J connectivity index is 3.10. The Labute approximate surface area is 251 Å². The van der Waals surface area contributed by atoms with Crippen LogP contribution in [0.15, 0.2) is 0 Å². The molecule has 0 fully saturated rings. The Morgan fingerprint density at radius 3 is 1.21 bits per heavy atom. The van der Waals surface area contributed by atoms with Crippen molar-refractivity contribution in [3.63, 3.8) is 0 Å². The fraction of sp³-hybridized carbons (Fsp3) is 0.929. The summed E-state index contributed by atoms with van der Waals surface area (Å²) in [6.45, 7) is 10.8. The maximum atomic E-state index is 11.7. The van der Waals surface area contributed by atoms with Crippen molar-refractivity contribution in [3.05, 3.63) is 0 Å². The number of carbonyl (C=O) groups is 2. The number of ether oxygens (including phenoxy) is 9. The minimum absolute atomic E-state index is 0.0391. The van der Waals surface area contributed by atoms with E-state index in [4.69, 9.17) is 48.4 Å². The predicted molar refractivity (Wildman–Crippen MR) is 157 cm³/mol. The van der Waals surface area contributed by atoms with Crippen LogP contribution < -0.4 is 16.4 Å². The van der Waals surface area contributed by atoms with Gasteiger partial charge in [-0.25, -0.2) is 0 Å². The van der Waals surface area contributed by atoms with Gasteiger partial charge in [0.1, 0.15) is 0 Å². The van der Waals surface area contributed by atoms with Gasteiger partial charge in [-0.3, -0.25) is 9.59 Å². The summed E-state index contributed by atoms with van der Waals surface area (Å²) in [7, 11) is 0. The highest BCUT2D eigenvalue weighted by molar-refractivity contribution is 5.75. The molecule has 14 nitrogen and oxygen atoms in total. The Morgan fingerprint density at radius 1 is 0.476 bits per heavy atom. The number of amides is 2. The molecule has 0 aromatic rings. The van der Waals surface area contributed by atoms with Crippen LogP contribution in [0.25, 0.3) is 0 Å². The number of hydrogen-bond donors (Lipinski definition) is 3. The first-order valence-electron chi connectivity index (χ1n) is 15.1. The van der Waals surface area contributed by atoms with Crippen LogP contribution in [0.2, 0.25) is 0 Å². The molecule has 2 amide bonds. The lowest BCUT2D eigenvalue weighted by Gasteiger charge is -2.09. The van der Waals surface area contributed by atoms with Crippen LogP contribution in [0.1, 0.15) is 32.1 Å². The summed E-state index contributed by atoms with van der Waals surface area (Å²) >= 11 is 0. The molecule has 42 heavy (non-hydrogen) atoms. The van der Waals surface area contributed by atoms with E-state index in [2.05, 4.69) is 10.6 Å². The molecule has 0 aromatic carbocycles. The standard InChI is InChI=1S/C28H57N3O11/c29-6-9-34-11-13-36-15-17-38-19-21-40-23-25-42-26-24-41-22-20-39-18-16-37-14-12-35-10-8-31-28(33)5-3-1-2-4-7-30-27-32/h27H,1-26,29H2,(H,30,32)(H,31,33). The molecule has 0 aliphatic carbocycles. The number of nitrogens with one attached hydrogen (secondary N) is 2. The SMILES string of the molecule is NCCOCCOCCOCCOCCOCCOCCOCCOCCOCCNC(=O)CCCCCCNC=O. The van der Waals surface area contributed by atoms with Crippen LogP contribution in [0.3, 0.4) is 0 Å². The molecule has 14 heteroatoms. The second-order valence-electron chi connectivity index (χ2n) is 8.89. The topological polar surface area (TPSA) is 167 Å². The van der Waals surface area contributed by atoms with Crippen molar-refractivity contribution in [2.45, 2.75) is 32.1 Å². The number of carbonyl (C=O) groups excluding carboxylic acids is 2. The van der Waals surface area contributed by atoms with E-state index in [-0.39, 0.29) is 5.91 Å². The molecular formula is C28H57N3O11. The Kier molecular flexibility index (Phi) is 36.3. The van der Waals surface area contributed by atoms with E-state index in [1.165, 1.54) is 0 Å². The predicted octanol–water partition coefficient (Wildman–Crippen LogP) is -0.0928. The molecule has 0 aliphatic rings. The molecule has 0 radical (unpaired) electrons. The third-order valence-electron chi connectivity index (χ3n) is 5.37. The maximum Gasteiger partial charge on any atom is 0.220 e. The maximum absolute atomic E-state index is 11.7. The van der Waals surface area contributed by atoms with Crippen LogP contribution in [0.5, 0.6) is 0 Å². The molecule has 0 heterocycles. The van der Waals surface area contributed by atoms with Crippen LogP contribution in [0, 0.1) is 0 Å². The molecule has 250 valence electrons. The lowest BCUT2D eigenvalue weighted by molar-refractivity contribution is -0.121. The number of hydrogen-bond acceptors (Lipinski definition) is 12. The van der Waals surface area contributed by atoms with Crippen molar-refractivity contribution in [1.29, 1.82) is 0 Å². The fourth-order valence-electron chi connectivity index (χ4n) is 3.22. The second-order valence-corrected chi connectivity index (χ2v) is 8.89. The largest absolute Gasteiger partial charge is 0.378 e. The van der Waals surface area contributed by atoms with E-state index < -0.39 is 0 Å². The van der Waals surface area contributed by atoms with Gasteiger partial charge >= 0.3 is 0 Å². The fourth-order valence-corrected chi connectivity index (χ4v) is 3.22. The first kappa shape index (κ1) is 40.5. The molecule has 0 unspecified atom stereocenters. The zero-order chi connectivity index (χ0) is 30.4. The lowest BCUT2D eigenvalue weighted by atomic mass is 10.1. The van der Waals surface area contributed by atoms with Gasteiger partial charge in [-0.2, -0.15) is 0 Å². The molecule has 0 aromatic heterocycles. The van der Waals surface area contributed by atoms with Gasteiger partial charge in [-0.15, -0.1) is 0 Å². The van der Waals surface area contributed by atoms with Gasteiger partial charge < -0.3 is 59.0 Å². The Morgan fingerprint density at radius 2 is 0.833 bits per heavy atom. The highest BCUT2D eigenvalue weighted by Gasteiger charge is 2.01. The number of rotatable bonds is 37. The van der Waals surface area contributed by atoms with E-state index in [1.54, 1.807) is 0 Å². The Bertz CT molecular complexity index is 551. The van der Waals surface area contributed by atoms with Crippen LogP contribution in [-0.4, -0.2) is 151 Å². The lowest BCUT2D eigenvalue weighted by Crippen LogP contribution is -2.27. The van der Waals surface area contributed by atoms with Crippen molar-refractivity contribution >= 4 is 12.3 Å². The summed E-state index contributed by atoms with van der Waals surface area (Å²) in [5.41, 5.74) is 5.32. The zero-order valence-corrected chi connectivity index (χ0v) is 25.5. The zero-order valence-electron chi connectivity index (χ0n) is 25.5. The van der Waals surface area contributed by atoms with E-state index >= 15 is 0 Å². The Hall–Kier alpha value is -1.46. The monoisotopic (exact) mass is 611 g/mol. The molecule has 0 saturated carbocycles. The first-order valence-corrected chi connectivity index (χ1v) is 15.1. The van der Waals surface area contributed by atoms with E-state index in [1.807, 2.05) is 0 Å². The molecule has 0 saturated heterocycles. The van der Waals surface area contributed by atoms with E-state index in [0.29, 0.717) is 151 Å². The average Bonchev–Trinajstić information content (AvgIpc) is 2.99. The van der Waals surface area contributed by atoms with Gasteiger partial charge in [0.05, 0.1) is 119 Å². The van der Waals surface area contributed by atoms with Crippen molar-refractivity contribution in [2.75, 3.05) is 139 Å². The van der Waals surface area contributed by atoms with Crippen LogP contribution >= 0.6 is 0 Å². The van der Waals surface area contributed by atoms with Gasteiger partial charge in [0.25, 0.3) is 0 Å². The summed E-state index contributed by atoms with van der Waals surface area (Å²) in [5, 5.41) is 5.47. The molecule has 0 atom stereocenters. The normalized spacial score (nSPS) is 11.2. The molecule has 0 spiro atoms. The minimum Gasteiger partial charge on any atom is -0.378 e. The summed E-state index contributed by atoms with van der Waals surface area (Å²) in [6, 6.07) is 0. The van der Waals surface area contributed by atoms with E-state index in [9.17, 15) is 9.59 Å². The third-order valence-corrected chi connectivity index (χ3v) is 5.37. The summed E-state index contributed by atoms with van der Waals surface area (Å²) in [4.78, 5) is 21.9. The number of unbranched alkanes of at least 4 members (excludes halogenated alkanes) is 3. The molecular weight excluding hydrogens is 554 g/mol. The van der Waals surface area contributed by atoms with Gasteiger partial charge in [0.15, 0.2) is 0 Å². The third kappa shape index (κ3) is 36.6. The smallest absolute Gasteiger partial charge is 0.220 e. The average molecular weight is 612 g/mol. The van der Waals surface area contributed by atoms with Crippen molar-refractivity contribution < 1.29 is 52.2 Å². The summed E-state index contributed by atoms with van der Waals surface area (Å²) in [5.74, 6) is 0.0391. The van der Waals surface area contributed by atoms with Gasteiger partial charge in [-0.1, -0.05) is 12.8 Å². The highest BCUT2D eigenvalue weighted by atomic mass is 16.6. The van der Waals surface area contributed by atoms with Gasteiger partial charge in [-0.05, 0) is 12.8 Å². The van der Waals surface area contributed by atoms with Gasteiger partial charge in [0, 0.05) is 26.1 Å². The molecule has 0 aliphatic heterocycles. The molecule has 0 rings (SSSR count). The van der Waals surface area contributed by atoms with Crippen molar-refractivity contribution in [1.82, 2.24) is 10.6 Å². The molecule has 0 bridgehead atoms. The number of nitrogens with two attached hydrogens (primary N) is 1. The van der Waals surface area contributed by atoms with Crippen LogP contribution in [-0.2, 0) is 52.2 Å². The van der Waals surface area contributed by atoms with Crippen molar-refractivity contribution in [3.8, 4) is 0 Å². The molecule has 4 N–H and O–H groups in total. The minimum atomic E-state index is 0.0391. The first-order chi connectivity index (χ1) is 20.8. The van der Waals surface area contributed by atoms with E-state index in [0.717, 1.165) is 25.7 Å². The second kappa shape index (κ2) is 37.6. The van der Waals surface area contributed by atoms with Crippen LogP contribution in [0.4, 0.5) is 0 Å². The summed E-state index contributed by atoms with van der Waals surface area (Å²) in [6.07, 6.45) is 5.00. The van der Waals surface area contributed by atoms with Crippen molar-refractivity contribution in [2.24, 2.45) is 5.73 Å². The van der Waals surface area contributed by atoms with Gasteiger partial charge in [0.2, 0.25) is 12.3 Å². The highest BCUT2D eigenvalue weighted by Crippen LogP contribution is 2.02. The quantitative estimate of drug-likeness (QED) is 0.0632. The summed E-state index contributed by atoms with van der Waals surface area (Å²) < 4.78 is 48.7.